The molecule has 0 spiro atoms. The van der Waals surface area contributed by atoms with Crippen molar-refractivity contribution in [1.82, 2.24) is 19.8 Å². The largest absolute Gasteiger partial charge is 0.462 e. The van der Waals surface area contributed by atoms with Crippen LogP contribution in [0.1, 0.15) is 30.9 Å². The molecule has 3 atom stereocenters. The second-order valence-corrected chi connectivity index (χ2v) is 12.4. The quantitative estimate of drug-likeness (QED) is 0.266. The number of fused-ring (bicyclic) bond motifs is 2. The number of benzene rings is 2. The molecular formula is C33H36ClFN6O2. The van der Waals surface area contributed by atoms with Crippen LogP contribution in [0.2, 0.25) is 5.02 Å². The minimum absolute atomic E-state index is 0.105. The standard InChI is InChI=1S/C33H36ClFN6O2/c1-5-28(42)41-13-12-40(18-23(41)17-36-3)32-26-16-27(34)29(24-10-6-8-21-14-20(2)15-25(21)24)30(35)31(26)37-33(38-32)43-19-22-9-7-11-39(22)4/h5-6,8,10,16,20,22-23H,1,7,9,11-15,17-19H2,2,4H3/t20?,22-,23-/m0/s1. The number of piperazine rings is 1. The molecule has 3 aliphatic rings. The van der Waals surface area contributed by atoms with E-state index in [-0.39, 0.29) is 36.1 Å². The second-order valence-electron chi connectivity index (χ2n) is 12.0. The first-order valence-electron chi connectivity index (χ1n) is 14.9. The maximum atomic E-state index is 16.8. The van der Waals surface area contributed by atoms with Crippen LogP contribution in [-0.4, -0.2) is 84.1 Å². The van der Waals surface area contributed by atoms with Gasteiger partial charge in [0, 0.05) is 36.6 Å². The number of anilines is 1. The maximum absolute atomic E-state index is 16.8. The van der Waals surface area contributed by atoms with E-state index in [9.17, 15) is 4.79 Å². The van der Waals surface area contributed by atoms with Gasteiger partial charge in [-0.05, 0) is 74.0 Å². The Morgan fingerprint density at radius 3 is 2.84 bits per heavy atom. The Kier molecular flexibility index (Phi) is 8.25. The molecule has 0 N–H and O–H groups in total. The maximum Gasteiger partial charge on any atom is 0.319 e. The van der Waals surface area contributed by atoms with Gasteiger partial charge in [0.15, 0.2) is 5.82 Å². The molecule has 0 radical (unpaired) electrons. The molecule has 1 unspecified atom stereocenters. The first-order chi connectivity index (χ1) is 20.8. The Morgan fingerprint density at radius 1 is 1.26 bits per heavy atom. The average molecular weight is 603 g/mol. The number of rotatable bonds is 7. The Labute approximate surface area is 256 Å². The molecule has 8 nitrogen and oxygen atoms in total. The third-order valence-corrected chi connectivity index (χ3v) is 9.42. The zero-order chi connectivity index (χ0) is 30.2. The van der Waals surface area contributed by atoms with Crippen molar-refractivity contribution >= 4 is 34.2 Å². The van der Waals surface area contributed by atoms with E-state index in [1.807, 2.05) is 17.0 Å². The second kappa shape index (κ2) is 12.1. The van der Waals surface area contributed by atoms with Crippen LogP contribution in [-0.2, 0) is 17.6 Å². The third kappa shape index (κ3) is 5.54. The van der Waals surface area contributed by atoms with E-state index in [1.54, 1.807) is 11.0 Å². The minimum Gasteiger partial charge on any atom is -0.462 e. The highest BCUT2D eigenvalue weighted by atomic mass is 35.5. The number of hydrogen-bond acceptors (Lipinski definition) is 6. The Morgan fingerprint density at radius 2 is 2.09 bits per heavy atom. The van der Waals surface area contributed by atoms with Crippen molar-refractivity contribution in [3.63, 3.8) is 0 Å². The van der Waals surface area contributed by atoms with E-state index < -0.39 is 5.82 Å². The summed E-state index contributed by atoms with van der Waals surface area (Å²) in [4.78, 5) is 31.4. The monoisotopic (exact) mass is 602 g/mol. The van der Waals surface area contributed by atoms with Crippen LogP contribution >= 0.6 is 11.6 Å². The number of carbonyl (C=O) groups is 1. The highest BCUT2D eigenvalue weighted by Gasteiger charge is 2.34. The molecule has 224 valence electrons. The summed E-state index contributed by atoms with van der Waals surface area (Å²) in [5.41, 5.74) is 3.66. The summed E-state index contributed by atoms with van der Waals surface area (Å²) >= 11 is 6.90. The van der Waals surface area contributed by atoms with Gasteiger partial charge in [-0.15, -0.1) is 0 Å². The smallest absolute Gasteiger partial charge is 0.319 e. The molecule has 0 saturated carbocycles. The lowest BCUT2D eigenvalue weighted by molar-refractivity contribution is -0.128. The number of carbonyl (C=O) groups excluding carboxylic acids is 1. The number of amides is 1. The number of nitrogens with zero attached hydrogens (tertiary/aromatic N) is 6. The normalized spacial score (nSPS) is 22.1. The van der Waals surface area contributed by atoms with Gasteiger partial charge >= 0.3 is 6.01 Å². The van der Waals surface area contributed by atoms with Crippen molar-refractivity contribution in [2.24, 2.45) is 5.92 Å². The summed E-state index contributed by atoms with van der Waals surface area (Å²) in [6, 6.07) is 7.73. The molecule has 1 aromatic heterocycles. The fourth-order valence-corrected chi connectivity index (χ4v) is 7.18. The topological polar surface area (TPSA) is 66.2 Å². The van der Waals surface area contributed by atoms with Crippen LogP contribution in [0.15, 0.2) is 36.9 Å². The number of hydrogen-bond donors (Lipinski definition) is 0. The van der Waals surface area contributed by atoms with E-state index in [0.29, 0.717) is 53.9 Å². The molecule has 10 heteroatoms. The summed E-state index contributed by atoms with van der Waals surface area (Å²) in [5.74, 6) is 0.255. The van der Waals surface area contributed by atoms with Crippen molar-refractivity contribution in [2.45, 2.75) is 44.7 Å². The molecule has 0 bridgehead atoms. The summed E-state index contributed by atoms with van der Waals surface area (Å²) in [6.07, 6.45) is 5.22. The van der Waals surface area contributed by atoms with Gasteiger partial charge in [0.25, 0.3) is 0 Å². The number of likely N-dealkylation sites (tertiary alicyclic amines) is 1. The van der Waals surface area contributed by atoms with Crippen LogP contribution in [0, 0.1) is 18.3 Å². The summed E-state index contributed by atoms with van der Waals surface area (Å²) < 4.78 is 22.9. The van der Waals surface area contributed by atoms with Crippen molar-refractivity contribution < 1.29 is 13.9 Å². The van der Waals surface area contributed by atoms with E-state index in [0.717, 1.165) is 43.4 Å². The fourth-order valence-electron chi connectivity index (χ4n) is 6.89. The van der Waals surface area contributed by atoms with Crippen molar-refractivity contribution in [2.75, 3.05) is 51.3 Å². The van der Waals surface area contributed by atoms with Gasteiger partial charge in [-0.2, -0.15) is 9.97 Å². The van der Waals surface area contributed by atoms with Gasteiger partial charge in [0.1, 0.15) is 24.0 Å². The van der Waals surface area contributed by atoms with Crippen LogP contribution in [0.25, 0.3) is 26.9 Å². The SMILES string of the molecule is [C-]#[N+]C[C@H]1CN(c2nc(OC[C@@H]3CCCN3C)nc3c(F)c(-c4cccc5c4CC(C)C5)c(Cl)cc23)CCN1C(=O)C=C. The Balaban J connectivity index is 1.46. The van der Waals surface area contributed by atoms with Crippen LogP contribution in [0.5, 0.6) is 6.01 Å². The molecule has 1 aliphatic carbocycles. The predicted octanol–water partition coefficient (Wildman–Crippen LogP) is 5.42. The summed E-state index contributed by atoms with van der Waals surface area (Å²) in [6.45, 7) is 16.0. The number of halogens is 2. The van der Waals surface area contributed by atoms with Crippen LogP contribution < -0.4 is 9.64 Å². The first-order valence-corrected chi connectivity index (χ1v) is 15.3. The van der Waals surface area contributed by atoms with E-state index in [1.165, 1.54) is 11.6 Å². The van der Waals surface area contributed by atoms with Crippen molar-refractivity contribution in [3.8, 4) is 17.1 Å². The zero-order valence-electron chi connectivity index (χ0n) is 24.7. The van der Waals surface area contributed by atoms with Crippen molar-refractivity contribution in [1.29, 1.82) is 0 Å². The third-order valence-electron chi connectivity index (χ3n) is 9.12. The van der Waals surface area contributed by atoms with Gasteiger partial charge in [0.05, 0.1) is 5.02 Å². The Hall–Kier alpha value is -3.74. The number of ether oxygens (including phenoxy) is 1. The average Bonchev–Trinajstić information content (AvgIpc) is 3.60. The highest BCUT2D eigenvalue weighted by molar-refractivity contribution is 6.34. The molecule has 3 aromatic rings. The Bertz CT molecular complexity index is 1620. The highest BCUT2D eigenvalue weighted by Crippen LogP contribution is 2.43. The molecular weight excluding hydrogens is 567 g/mol. The van der Waals surface area contributed by atoms with Gasteiger partial charge in [0.2, 0.25) is 12.5 Å². The summed E-state index contributed by atoms with van der Waals surface area (Å²) in [7, 11) is 2.07. The molecule has 6 rings (SSSR count). The first kappa shape index (κ1) is 29.3. The number of aromatic nitrogens is 2. The molecule has 2 fully saturated rings. The fraction of sp³-hybridized carbons (Fsp3) is 0.455. The lowest BCUT2D eigenvalue weighted by atomic mass is 9.95. The molecule has 2 aromatic carbocycles. The molecule has 43 heavy (non-hydrogen) atoms. The van der Waals surface area contributed by atoms with Crippen LogP contribution in [0.3, 0.4) is 0 Å². The number of likely N-dealkylation sites (N-methyl/N-ethyl adjacent to an activating group) is 1. The van der Waals surface area contributed by atoms with Gasteiger partial charge < -0.3 is 24.3 Å². The lowest BCUT2D eigenvalue weighted by Gasteiger charge is -2.39. The van der Waals surface area contributed by atoms with E-state index >= 15 is 4.39 Å². The van der Waals surface area contributed by atoms with Crippen molar-refractivity contribution in [3.05, 3.63) is 70.3 Å². The molecule has 2 saturated heterocycles. The van der Waals surface area contributed by atoms with Gasteiger partial charge in [-0.1, -0.05) is 43.3 Å². The van der Waals surface area contributed by atoms with E-state index in [2.05, 4.69) is 41.3 Å². The van der Waals surface area contributed by atoms with Crippen LogP contribution in [0.4, 0.5) is 10.2 Å². The van der Waals surface area contributed by atoms with Gasteiger partial charge in [-0.25, -0.2) is 11.0 Å². The minimum atomic E-state index is -0.500. The summed E-state index contributed by atoms with van der Waals surface area (Å²) in [5, 5.41) is 0.768. The molecule has 1 amide bonds. The molecule has 2 aliphatic heterocycles. The zero-order valence-corrected chi connectivity index (χ0v) is 25.4. The predicted molar refractivity (Wildman–Crippen MR) is 167 cm³/mol. The van der Waals surface area contributed by atoms with Gasteiger partial charge in [-0.3, -0.25) is 4.79 Å². The van der Waals surface area contributed by atoms with E-state index in [4.69, 9.17) is 27.9 Å². The lowest BCUT2D eigenvalue weighted by Crippen LogP contribution is -2.56. The molecule has 3 heterocycles.